The van der Waals surface area contributed by atoms with Crippen molar-refractivity contribution in [2.75, 3.05) is 13.7 Å². The second kappa shape index (κ2) is 8.24. The molecular weight excluding hydrogens is 304 g/mol. The molecule has 5 nitrogen and oxygen atoms in total. The van der Waals surface area contributed by atoms with Gasteiger partial charge in [0.25, 0.3) is 5.91 Å². The number of esters is 1. The summed E-state index contributed by atoms with van der Waals surface area (Å²) in [4.78, 5) is 30.5. The zero-order chi connectivity index (χ0) is 17.5. The van der Waals surface area contributed by atoms with Crippen LogP contribution >= 0.6 is 0 Å². The van der Waals surface area contributed by atoms with E-state index in [1.54, 1.807) is 30.3 Å². The number of methoxy groups -OCH3 is 1. The maximum absolute atomic E-state index is 13.0. The summed E-state index contributed by atoms with van der Waals surface area (Å²) in [5.74, 6) is -0.837. The number of benzene rings is 1. The number of carbonyl (C=O) groups is 2. The van der Waals surface area contributed by atoms with Gasteiger partial charge in [0, 0.05) is 31.0 Å². The molecule has 1 amide bonds. The predicted octanol–water partition coefficient (Wildman–Crippen LogP) is 2.84. The molecule has 0 N–H and O–H groups in total. The lowest BCUT2D eigenvalue weighted by atomic mass is 10.1. The van der Waals surface area contributed by atoms with Crippen LogP contribution in [0.5, 0.6) is 0 Å². The Morgan fingerprint density at radius 2 is 1.96 bits per heavy atom. The van der Waals surface area contributed by atoms with Crippen molar-refractivity contribution in [2.24, 2.45) is 5.92 Å². The third-order valence-electron chi connectivity index (χ3n) is 3.86. The second-order valence-electron chi connectivity index (χ2n) is 5.79. The van der Waals surface area contributed by atoms with Crippen LogP contribution in [0.2, 0.25) is 0 Å². The van der Waals surface area contributed by atoms with E-state index in [2.05, 4.69) is 4.98 Å². The van der Waals surface area contributed by atoms with Gasteiger partial charge in [-0.1, -0.05) is 31.2 Å². The van der Waals surface area contributed by atoms with Crippen LogP contribution in [-0.4, -0.2) is 35.4 Å². The average Bonchev–Trinajstić information content (AvgIpc) is 2.61. The van der Waals surface area contributed by atoms with Crippen LogP contribution in [-0.2, 0) is 16.1 Å². The van der Waals surface area contributed by atoms with Crippen LogP contribution in [0, 0.1) is 12.8 Å². The van der Waals surface area contributed by atoms with Gasteiger partial charge in [0.15, 0.2) is 0 Å². The van der Waals surface area contributed by atoms with Crippen molar-refractivity contribution in [3.63, 3.8) is 0 Å². The Hall–Kier alpha value is -2.69. The molecule has 1 atom stereocenters. The number of hydrogen-bond donors (Lipinski definition) is 0. The lowest BCUT2D eigenvalue weighted by molar-refractivity contribution is -0.145. The van der Waals surface area contributed by atoms with Gasteiger partial charge in [-0.05, 0) is 30.2 Å². The van der Waals surface area contributed by atoms with Gasteiger partial charge in [0.2, 0.25) is 0 Å². The number of hydrogen-bond acceptors (Lipinski definition) is 4. The number of pyridine rings is 1. The van der Waals surface area contributed by atoms with E-state index in [0.29, 0.717) is 12.1 Å². The van der Waals surface area contributed by atoms with Crippen LogP contribution in [0.25, 0.3) is 0 Å². The van der Waals surface area contributed by atoms with Gasteiger partial charge in [-0.25, -0.2) is 0 Å². The first-order valence-electron chi connectivity index (χ1n) is 7.84. The van der Waals surface area contributed by atoms with Crippen LogP contribution in [0.3, 0.4) is 0 Å². The van der Waals surface area contributed by atoms with E-state index in [4.69, 9.17) is 4.74 Å². The fraction of sp³-hybridized carbons (Fsp3) is 0.316. The molecule has 1 aromatic carbocycles. The van der Waals surface area contributed by atoms with Gasteiger partial charge in [-0.3, -0.25) is 14.6 Å². The molecule has 0 fully saturated rings. The summed E-state index contributed by atoms with van der Waals surface area (Å²) in [6.07, 6.45) is 3.41. The Bertz CT molecular complexity index is 701. The Kier molecular flexibility index (Phi) is 6.07. The van der Waals surface area contributed by atoms with E-state index < -0.39 is 5.92 Å². The van der Waals surface area contributed by atoms with Gasteiger partial charge in [0.1, 0.15) is 0 Å². The van der Waals surface area contributed by atoms with Crippen LogP contribution < -0.4 is 0 Å². The summed E-state index contributed by atoms with van der Waals surface area (Å²) in [6.45, 7) is 4.34. The molecule has 0 saturated carbocycles. The van der Waals surface area contributed by atoms with Crippen LogP contribution in [0.15, 0.2) is 48.8 Å². The summed E-state index contributed by atoms with van der Waals surface area (Å²) in [7, 11) is 1.35. The quantitative estimate of drug-likeness (QED) is 0.766. The smallest absolute Gasteiger partial charge is 0.310 e. The minimum atomic E-state index is -0.403. The number of rotatable bonds is 6. The molecule has 1 unspecified atom stereocenters. The molecule has 0 aliphatic carbocycles. The lowest BCUT2D eigenvalue weighted by Crippen LogP contribution is -2.37. The Balaban J connectivity index is 2.26. The number of aromatic nitrogens is 1. The molecule has 0 aliphatic rings. The van der Waals surface area contributed by atoms with Crippen molar-refractivity contribution >= 4 is 11.9 Å². The van der Waals surface area contributed by atoms with Crippen molar-refractivity contribution in [1.82, 2.24) is 9.88 Å². The van der Waals surface area contributed by atoms with Gasteiger partial charge in [0.05, 0.1) is 13.0 Å². The average molecular weight is 326 g/mol. The third-order valence-corrected chi connectivity index (χ3v) is 3.86. The van der Waals surface area contributed by atoms with E-state index in [-0.39, 0.29) is 18.4 Å². The molecule has 0 bridgehead atoms. The summed E-state index contributed by atoms with van der Waals surface area (Å²) < 4.78 is 4.78. The van der Waals surface area contributed by atoms with Crippen molar-refractivity contribution in [2.45, 2.75) is 20.4 Å². The molecule has 2 aromatic rings. The number of nitrogens with zero attached hydrogens (tertiary/aromatic N) is 2. The SMILES string of the molecule is COC(=O)C(C)CN(Cc1cccnc1)C(=O)c1ccccc1C. The summed E-state index contributed by atoms with van der Waals surface area (Å²) in [6, 6.07) is 11.2. The molecular formula is C19H22N2O3. The van der Waals surface area contributed by atoms with Gasteiger partial charge >= 0.3 is 5.97 Å². The molecule has 0 saturated heterocycles. The van der Waals surface area contributed by atoms with Crippen LogP contribution in [0.4, 0.5) is 0 Å². The summed E-state index contributed by atoms with van der Waals surface area (Å²) in [5.41, 5.74) is 2.46. The molecule has 5 heteroatoms. The Morgan fingerprint density at radius 1 is 1.21 bits per heavy atom. The minimum Gasteiger partial charge on any atom is -0.469 e. The van der Waals surface area contributed by atoms with Gasteiger partial charge < -0.3 is 9.64 Å². The molecule has 1 heterocycles. The molecule has 0 aliphatic heterocycles. The fourth-order valence-electron chi connectivity index (χ4n) is 2.52. The number of carbonyl (C=O) groups excluding carboxylic acids is 2. The van der Waals surface area contributed by atoms with Crippen LogP contribution in [0.1, 0.15) is 28.4 Å². The number of aryl methyl sites for hydroxylation is 1. The van der Waals surface area contributed by atoms with E-state index in [9.17, 15) is 9.59 Å². The van der Waals surface area contributed by atoms with Gasteiger partial charge in [-0.15, -0.1) is 0 Å². The summed E-state index contributed by atoms with van der Waals surface area (Å²) >= 11 is 0. The number of amides is 1. The number of ether oxygens (including phenoxy) is 1. The van der Waals surface area contributed by atoms with Gasteiger partial charge in [-0.2, -0.15) is 0 Å². The van der Waals surface area contributed by atoms with E-state index in [0.717, 1.165) is 11.1 Å². The molecule has 24 heavy (non-hydrogen) atoms. The Morgan fingerprint density at radius 3 is 2.58 bits per heavy atom. The van der Waals surface area contributed by atoms with Crippen molar-refractivity contribution in [3.05, 3.63) is 65.5 Å². The molecule has 126 valence electrons. The molecule has 1 aromatic heterocycles. The maximum atomic E-state index is 13.0. The predicted molar refractivity (Wildman–Crippen MR) is 91.3 cm³/mol. The normalized spacial score (nSPS) is 11.6. The Labute approximate surface area is 142 Å². The van der Waals surface area contributed by atoms with E-state index in [1.165, 1.54) is 7.11 Å². The first-order chi connectivity index (χ1) is 11.5. The molecule has 0 radical (unpaired) electrons. The molecule has 0 spiro atoms. The molecule has 2 rings (SSSR count). The second-order valence-corrected chi connectivity index (χ2v) is 5.79. The summed E-state index contributed by atoms with van der Waals surface area (Å²) in [5, 5.41) is 0. The van der Waals surface area contributed by atoms with Crippen molar-refractivity contribution in [1.29, 1.82) is 0 Å². The minimum absolute atomic E-state index is 0.104. The van der Waals surface area contributed by atoms with E-state index in [1.807, 2.05) is 37.3 Å². The van der Waals surface area contributed by atoms with Crippen molar-refractivity contribution in [3.8, 4) is 0 Å². The third kappa shape index (κ3) is 4.41. The fourth-order valence-corrected chi connectivity index (χ4v) is 2.52. The highest BCUT2D eigenvalue weighted by molar-refractivity contribution is 5.95. The van der Waals surface area contributed by atoms with E-state index >= 15 is 0 Å². The zero-order valence-electron chi connectivity index (χ0n) is 14.2. The van der Waals surface area contributed by atoms with Crippen molar-refractivity contribution < 1.29 is 14.3 Å². The maximum Gasteiger partial charge on any atom is 0.310 e. The zero-order valence-corrected chi connectivity index (χ0v) is 14.2. The standard InChI is InChI=1S/C19H22N2O3/c1-14-7-4-5-9-17(14)18(22)21(12-15(2)19(23)24-3)13-16-8-6-10-20-11-16/h4-11,15H,12-13H2,1-3H3. The lowest BCUT2D eigenvalue weighted by Gasteiger charge is -2.26. The monoisotopic (exact) mass is 326 g/mol. The highest BCUT2D eigenvalue weighted by Crippen LogP contribution is 2.15. The highest BCUT2D eigenvalue weighted by Gasteiger charge is 2.23. The first kappa shape index (κ1) is 17.7. The highest BCUT2D eigenvalue weighted by atomic mass is 16.5. The topological polar surface area (TPSA) is 59.5 Å². The largest absolute Gasteiger partial charge is 0.469 e. The first-order valence-corrected chi connectivity index (χ1v) is 7.84.